The van der Waals surface area contributed by atoms with Gasteiger partial charge in [0.05, 0.1) is 11.3 Å². The summed E-state index contributed by atoms with van der Waals surface area (Å²) < 4.78 is 10.1. The number of esters is 1. The highest BCUT2D eigenvalue weighted by Crippen LogP contribution is 2.09. The average Bonchev–Trinajstić information content (AvgIpc) is 2.89. The van der Waals surface area contributed by atoms with Gasteiger partial charge in [-0.3, -0.25) is 4.79 Å². The minimum atomic E-state index is -0.435. The number of ether oxygens (including phenoxy) is 1. The zero-order valence-electron chi connectivity index (χ0n) is 11.9. The zero-order chi connectivity index (χ0) is 15.2. The van der Waals surface area contributed by atoms with Crippen molar-refractivity contribution in [3.8, 4) is 0 Å². The maximum absolute atomic E-state index is 11.8. The molecule has 110 valence electrons. The van der Waals surface area contributed by atoms with Gasteiger partial charge >= 0.3 is 5.97 Å². The molecule has 2 rings (SSSR count). The van der Waals surface area contributed by atoms with Gasteiger partial charge in [0.15, 0.2) is 12.4 Å². The molecule has 1 aromatic heterocycles. The predicted octanol–water partition coefficient (Wildman–Crippen LogP) is 1.98. The molecule has 0 unspecified atom stereocenters. The number of hydrogen-bond acceptors (Lipinski definition) is 5. The SMILES string of the molecule is CC(=O)NCc1ccc(C(=O)OCc2cc(C)no2)cc1. The molecular weight excluding hydrogens is 272 g/mol. The van der Waals surface area contributed by atoms with Gasteiger partial charge < -0.3 is 14.6 Å². The summed E-state index contributed by atoms with van der Waals surface area (Å²) in [7, 11) is 0. The van der Waals surface area contributed by atoms with Gasteiger partial charge in [0, 0.05) is 19.5 Å². The summed E-state index contributed by atoms with van der Waals surface area (Å²) in [5.41, 5.74) is 2.09. The monoisotopic (exact) mass is 288 g/mol. The number of hydrogen-bond donors (Lipinski definition) is 1. The molecule has 1 aromatic carbocycles. The number of amides is 1. The number of nitrogens with one attached hydrogen (secondary N) is 1. The highest BCUT2D eigenvalue weighted by molar-refractivity contribution is 5.89. The first-order valence-electron chi connectivity index (χ1n) is 6.47. The van der Waals surface area contributed by atoms with E-state index < -0.39 is 5.97 Å². The number of carbonyl (C=O) groups is 2. The molecule has 0 bridgehead atoms. The third kappa shape index (κ3) is 4.45. The van der Waals surface area contributed by atoms with E-state index in [1.807, 2.05) is 0 Å². The Balaban J connectivity index is 1.88. The van der Waals surface area contributed by atoms with E-state index in [0.29, 0.717) is 17.9 Å². The first kappa shape index (κ1) is 14.8. The van der Waals surface area contributed by atoms with Gasteiger partial charge in [0.2, 0.25) is 5.91 Å². The molecule has 6 nitrogen and oxygen atoms in total. The molecule has 21 heavy (non-hydrogen) atoms. The Morgan fingerprint density at radius 1 is 1.29 bits per heavy atom. The Hall–Kier alpha value is -2.63. The van der Waals surface area contributed by atoms with E-state index in [9.17, 15) is 9.59 Å². The van der Waals surface area contributed by atoms with E-state index >= 15 is 0 Å². The zero-order valence-corrected chi connectivity index (χ0v) is 11.9. The van der Waals surface area contributed by atoms with Crippen molar-refractivity contribution in [1.29, 1.82) is 0 Å². The van der Waals surface area contributed by atoms with Crippen LogP contribution in [-0.2, 0) is 22.7 Å². The largest absolute Gasteiger partial charge is 0.454 e. The van der Waals surface area contributed by atoms with E-state index in [1.165, 1.54) is 6.92 Å². The minimum Gasteiger partial charge on any atom is -0.454 e. The molecular formula is C15H16N2O4. The van der Waals surface area contributed by atoms with Crippen molar-refractivity contribution in [2.45, 2.75) is 27.0 Å². The topological polar surface area (TPSA) is 81.4 Å². The number of rotatable bonds is 5. The molecule has 1 N–H and O–H groups in total. The highest BCUT2D eigenvalue weighted by Gasteiger charge is 2.09. The molecule has 0 saturated heterocycles. The van der Waals surface area contributed by atoms with Crippen molar-refractivity contribution >= 4 is 11.9 Å². The molecule has 0 fully saturated rings. The van der Waals surface area contributed by atoms with Gasteiger partial charge in [0.1, 0.15) is 0 Å². The summed E-state index contributed by atoms with van der Waals surface area (Å²) in [5.74, 6) is -0.0286. The first-order chi connectivity index (χ1) is 10.0. The lowest BCUT2D eigenvalue weighted by atomic mass is 10.1. The van der Waals surface area contributed by atoms with Crippen molar-refractivity contribution in [3.05, 3.63) is 52.9 Å². The van der Waals surface area contributed by atoms with Gasteiger partial charge in [-0.1, -0.05) is 17.3 Å². The second-order valence-corrected chi connectivity index (χ2v) is 4.62. The smallest absolute Gasteiger partial charge is 0.338 e. The third-order valence-electron chi connectivity index (χ3n) is 2.75. The van der Waals surface area contributed by atoms with E-state index in [-0.39, 0.29) is 12.5 Å². The fraction of sp³-hybridized carbons (Fsp3) is 0.267. The lowest BCUT2D eigenvalue weighted by Gasteiger charge is -2.05. The van der Waals surface area contributed by atoms with Crippen LogP contribution in [0.1, 0.15) is 34.3 Å². The van der Waals surface area contributed by atoms with Crippen LogP contribution >= 0.6 is 0 Å². The minimum absolute atomic E-state index is 0.0489. The fourth-order valence-electron chi connectivity index (χ4n) is 1.69. The molecule has 1 heterocycles. The molecule has 0 aliphatic carbocycles. The van der Waals surface area contributed by atoms with E-state index in [1.54, 1.807) is 37.3 Å². The third-order valence-corrected chi connectivity index (χ3v) is 2.75. The summed E-state index contributed by atoms with van der Waals surface area (Å²) in [5, 5.41) is 6.40. The summed E-state index contributed by atoms with van der Waals surface area (Å²) in [6.45, 7) is 3.73. The van der Waals surface area contributed by atoms with E-state index in [0.717, 1.165) is 11.3 Å². The molecule has 2 aromatic rings. The Morgan fingerprint density at radius 3 is 2.57 bits per heavy atom. The van der Waals surface area contributed by atoms with Crippen LogP contribution in [0.2, 0.25) is 0 Å². The van der Waals surface area contributed by atoms with E-state index in [4.69, 9.17) is 9.26 Å². The van der Waals surface area contributed by atoms with Gasteiger partial charge in [-0.15, -0.1) is 0 Å². The van der Waals surface area contributed by atoms with Crippen molar-refractivity contribution in [2.75, 3.05) is 0 Å². The molecule has 0 aliphatic heterocycles. The first-order valence-corrected chi connectivity index (χ1v) is 6.47. The molecule has 0 spiro atoms. The Morgan fingerprint density at radius 2 is 2.00 bits per heavy atom. The van der Waals surface area contributed by atoms with Crippen molar-refractivity contribution < 1.29 is 18.8 Å². The molecule has 1 amide bonds. The Kier molecular flexibility index (Phi) is 4.71. The van der Waals surface area contributed by atoms with Crippen LogP contribution < -0.4 is 5.32 Å². The van der Waals surface area contributed by atoms with Gasteiger partial charge in [-0.2, -0.15) is 0 Å². The molecule has 0 aliphatic rings. The van der Waals surface area contributed by atoms with Crippen LogP contribution in [-0.4, -0.2) is 17.0 Å². The van der Waals surface area contributed by atoms with E-state index in [2.05, 4.69) is 10.5 Å². The number of carbonyl (C=O) groups excluding carboxylic acids is 2. The average molecular weight is 288 g/mol. The standard InChI is InChI=1S/C15H16N2O4/c1-10-7-14(21-17-10)9-20-15(19)13-5-3-12(4-6-13)8-16-11(2)18/h3-7H,8-9H2,1-2H3,(H,16,18). The van der Waals surface area contributed by atoms with Crippen LogP contribution in [0.5, 0.6) is 0 Å². The van der Waals surface area contributed by atoms with Gasteiger partial charge in [-0.25, -0.2) is 4.79 Å². The summed E-state index contributed by atoms with van der Waals surface area (Å²) >= 11 is 0. The molecule has 0 saturated carbocycles. The summed E-state index contributed by atoms with van der Waals surface area (Å²) in [4.78, 5) is 22.7. The predicted molar refractivity (Wildman–Crippen MR) is 74.3 cm³/mol. The molecule has 6 heteroatoms. The number of aromatic nitrogens is 1. The molecule has 0 atom stereocenters. The second kappa shape index (κ2) is 6.69. The van der Waals surface area contributed by atoms with Crippen LogP contribution in [0.4, 0.5) is 0 Å². The number of nitrogens with zero attached hydrogens (tertiary/aromatic N) is 1. The van der Waals surface area contributed by atoms with Crippen LogP contribution in [0, 0.1) is 6.92 Å². The Bertz CT molecular complexity index is 631. The maximum atomic E-state index is 11.8. The second-order valence-electron chi connectivity index (χ2n) is 4.62. The van der Waals surface area contributed by atoms with Crippen LogP contribution in [0.15, 0.2) is 34.9 Å². The summed E-state index contributed by atoms with van der Waals surface area (Å²) in [6, 6.07) is 8.57. The van der Waals surface area contributed by atoms with Gasteiger partial charge in [-0.05, 0) is 24.6 Å². The number of aryl methyl sites for hydroxylation is 1. The maximum Gasteiger partial charge on any atom is 0.338 e. The van der Waals surface area contributed by atoms with Gasteiger partial charge in [0.25, 0.3) is 0 Å². The van der Waals surface area contributed by atoms with Crippen molar-refractivity contribution in [1.82, 2.24) is 10.5 Å². The van der Waals surface area contributed by atoms with Crippen molar-refractivity contribution in [2.24, 2.45) is 0 Å². The fourth-order valence-corrected chi connectivity index (χ4v) is 1.69. The normalized spacial score (nSPS) is 10.2. The van der Waals surface area contributed by atoms with Crippen LogP contribution in [0.25, 0.3) is 0 Å². The lowest BCUT2D eigenvalue weighted by molar-refractivity contribution is -0.119. The highest BCUT2D eigenvalue weighted by atomic mass is 16.5. The van der Waals surface area contributed by atoms with Crippen molar-refractivity contribution in [3.63, 3.8) is 0 Å². The summed E-state index contributed by atoms with van der Waals surface area (Å²) in [6.07, 6.45) is 0. The molecule has 0 radical (unpaired) electrons. The van der Waals surface area contributed by atoms with Crippen LogP contribution in [0.3, 0.4) is 0 Å². The Labute approximate surface area is 122 Å². The number of benzene rings is 1. The quantitative estimate of drug-likeness (QED) is 0.851. The lowest BCUT2D eigenvalue weighted by Crippen LogP contribution is -2.18.